The van der Waals surface area contributed by atoms with E-state index in [1.807, 2.05) is 60.7 Å². The third kappa shape index (κ3) is 14.8. The van der Waals surface area contributed by atoms with E-state index >= 15 is 0 Å². The van der Waals surface area contributed by atoms with Gasteiger partial charge in [-0.25, -0.2) is 0 Å². The van der Waals surface area contributed by atoms with E-state index in [4.69, 9.17) is 33.2 Å². The fourth-order valence-corrected chi connectivity index (χ4v) is 6.73. The summed E-state index contributed by atoms with van der Waals surface area (Å²) in [5.74, 6) is -2.05. The average Bonchev–Trinajstić information content (AvgIpc) is 4.14. The molecule has 2 aromatic carbocycles. The molecule has 326 valence electrons. The van der Waals surface area contributed by atoms with Gasteiger partial charge in [0.1, 0.15) is 30.6 Å². The van der Waals surface area contributed by atoms with Gasteiger partial charge in [-0.05, 0) is 90.2 Å². The van der Waals surface area contributed by atoms with E-state index in [0.29, 0.717) is 29.0 Å². The highest BCUT2D eigenvalue weighted by molar-refractivity contribution is 5.80. The summed E-state index contributed by atoms with van der Waals surface area (Å²) >= 11 is 0. The molecular formula is C46H55N3O12. The number of aldehydes is 1. The highest BCUT2D eigenvalue weighted by Gasteiger charge is 2.38. The third-order valence-corrected chi connectivity index (χ3v) is 9.57. The van der Waals surface area contributed by atoms with Gasteiger partial charge in [0.25, 0.3) is 0 Å². The molecule has 0 saturated heterocycles. The topological polar surface area (TPSA) is 207 Å². The van der Waals surface area contributed by atoms with Crippen LogP contribution in [0.3, 0.4) is 0 Å². The fourth-order valence-electron chi connectivity index (χ4n) is 6.73. The van der Waals surface area contributed by atoms with E-state index in [-0.39, 0.29) is 56.5 Å². The Kier molecular flexibility index (Phi) is 15.8. The van der Waals surface area contributed by atoms with Crippen molar-refractivity contribution in [1.29, 1.82) is 0 Å². The Morgan fingerprint density at radius 2 is 1.03 bits per heavy atom. The lowest BCUT2D eigenvalue weighted by molar-refractivity contribution is -0.157. The van der Waals surface area contributed by atoms with Gasteiger partial charge in [0.15, 0.2) is 12.0 Å². The van der Waals surface area contributed by atoms with Crippen molar-refractivity contribution in [3.05, 3.63) is 106 Å². The third-order valence-electron chi connectivity index (χ3n) is 9.57. The van der Waals surface area contributed by atoms with Crippen molar-refractivity contribution < 1.29 is 57.2 Å². The van der Waals surface area contributed by atoms with Gasteiger partial charge in [-0.1, -0.05) is 76.1 Å². The lowest BCUT2D eigenvalue weighted by Gasteiger charge is -2.22. The minimum atomic E-state index is -0.646. The maximum absolute atomic E-state index is 12.6. The second-order valence-electron chi connectivity index (χ2n) is 17.3. The molecule has 2 heterocycles. The Morgan fingerprint density at radius 1 is 0.656 bits per heavy atom. The highest BCUT2D eigenvalue weighted by atomic mass is 16.6. The first-order valence-corrected chi connectivity index (χ1v) is 20.5. The number of carbonyl (C=O) groups excluding carboxylic acids is 5. The van der Waals surface area contributed by atoms with Crippen LogP contribution in [-0.4, -0.2) is 63.1 Å². The largest absolute Gasteiger partial charge is 0.461 e. The zero-order valence-electron chi connectivity index (χ0n) is 35.6. The molecule has 2 aliphatic carbocycles. The van der Waals surface area contributed by atoms with Gasteiger partial charge in [0, 0.05) is 23.0 Å². The van der Waals surface area contributed by atoms with Crippen LogP contribution in [0.4, 0.5) is 0 Å². The Labute approximate surface area is 355 Å². The van der Waals surface area contributed by atoms with E-state index in [2.05, 4.69) is 15.5 Å². The van der Waals surface area contributed by atoms with Crippen LogP contribution in [0.25, 0.3) is 0 Å². The minimum Gasteiger partial charge on any atom is -0.461 e. The highest BCUT2D eigenvalue weighted by Crippen LogP contribution is 2.47. The summed E-state index contributed by atoms with van der Waals surface area (Å²) in [4.78, 5) is 61.5. The van der Waals surface area contributed by atoms with Gasteiger partial charge < -0.3 is 33.2 Å². The molecule has 0 aliphatic heterocycles. The first-order valence-electron chi connectivity index (χ1n) is 20.5. The molecule has 4 aromatic rings. The molecule has 2 saturated carbocycles. The molecule has 0 bridgehead atoms. The Hall–Kier alpha value is -6.12. The molecular weight excluding hydrogens is 787 g/mol. The summed E-state index contributed by atoms with van der Waals surface area (Å²) in [6.07, 6.45) is 5.34. The molecule has 1 N–H and O–H groups in total. The van der Waals surface area contributed by atoms with Gasteiger partial charge in [0.05, 0.1) is 37.1 Å². The monoisotopic (exact) mass is 841 g/mol. The van der Waals surface area contributed by atoms with Crippen LogP contribution in [0.15, 0.2) is 74.9 Å². The summed E-state index contributed by atoms with van der Waals surface area (Å²) in [7, 11) is 0. The first kappa shape index (κ1) is 46.0. The van der Waals surface area contributed by atoms with Crippen molar-refractivity contribution in [3.63, 3.8) is 0 Å². The van der Waals surface area contributed by atoms with E-state index in [9.17, 15) is 24.0 Å². The number of aromatic nitrogens is 2. The van der Waals surface area contributed by atoms with Gasteiger partial charge in [-0.3, -0.25) is 24.0 Å². The minimum absolute atomic E-state index is 0.0420. The van der Waals surface area contributed by atoms with E-state index in [1.165, 1.54) is 6.21 Å². The molecule has 2 aliphatic rings. The van der Waals surface area contributed by atoms with Crippen molar-refractivity contribution in [2.24, 2.45) is 5.16 Å². The molecule has 61 heavy (non-hydrogen) atoms. The lowest BCUT2D eigenvalue weighted by Crippen LogP contribution is -2.26. The Bertz CT molecular complexity index is 2120. The van der Waals surface area contributed by atoms with Crippen LogP contribution in [0.5, 0.6) is 0 Å². The molecule has 15 nitrogen and oxygen atoms in total. The molecule has 0 amide bonds. The van der Waals surface area contributed by atoms with Gasteiger partial charge in [-0.2, -0.15) is 0 Å². The number of rotatable bonds is 18. The number of oxime groups is 1. The van der Waals surface area contributed by atoms with Crippen LogP contribution in [0, 0.1) is 0 Å². The van der Waals surface area contributed by atoms with Crippen molar-refractivity contribution in [1.82, 2.24) is 10.3 Å². The SMILES string of the molecule is CC(C)(C)OC(=O)C[C@@H](CC(=O)OCc1ccccc1)c1noc(/C=N/O)c1C1CC1.CC(C)(C)OC(=O)C[C@@H](CC(=O)OCc1ccccc1)c1noc(C=O)c1C1CC1. The normalized spacial score (nSPS) is 14.9. The molecule has 2 atom stereocenters. The lowest BCUT2D eigenvalue weighted by atomic mass is 9.92. The van der Waals surface area contributed by atoms with E-state index < -0.39 is 46.9 Å². The molecule has 0 spiro atoms. The number of carbonyl (C=O) groups is 5. The van der Waals surface area contributed by atoms with Crippen LogP contribution in [-0.2, 0) is 51.3 Å². The van der Waals surface area contributed by atoms with Crippen LogP contribution in [0.1, 0.15) is 167 Å². The quantitative estimate of drug-likeness (QED) is 0.0249. The molecule has 2 fully saturated rings. The summed E-state index contributed by atoms with van der Waals surface area (Å²) in [6.45, 7) is 11.0. The number of hydrogen-bond acceptors (Lipinski definition) is 15. The second kappa shape index (κ2) is 20.9. The van der Waals surface area contributed by atoms with E-state index in [0.717, 1.165) is 42.4 Å². The van der Waals surface area contributed by atoms with Crippen molar-refractivity contribution in [2.45, 2.75) is 141 Å². The number of hydrogen-bond donors (Lipinski definition) is 1. The van der Waals surface area contributed by atoms with Crippen LogP contribution < -0.4 is 0 Å². The zero-order valence-corrected chi connectivity index (χ0v) is 35.6. The van der Waals surface area contributed by atoms with Crippen molar-refractivity contribution >= 4 is 36.4 Å². The van der Waals surface area contributed by atoms with Gasteiger partial charge in [0.2, 0.25) is 5.76 Å². The fraction of sp³-hybridized carbons (Fsp3) is 0.478. The molecule has 0 radical (unpaired) electrons. The maximum atomic E-state index is 12.6. The standard InChI is InChI=1S/C23H28N2O6.C23H27NO6/c1-23(2,3)30-20(27)12-17(11-19(26)29-14-15-7-5-4-6-8-15)22-21(16-9-10-16)18(13-24-28)31-25-22;1-23(2,3)29-20(27)12-17(11-19(26)28-14-15-7-5-4-6-8-15)22-21(16-9-10-16)18(13-25)30-24-22/h4-8,13,16-17,28H,9-12,14H2,1-3H3;4-8,13,16-17H,9-12,14H2,1-3H3/b24-13+;/t2*17-/m11/s1. The zero-order chi connectivity index (χ0) is 44.2. The number of ether oxygens (including phenoxy) is 4. The Morgan fingerprint density at radius 3 is 1.39 bits per heavy atom. The Balaban J connectivity index is 0.000000231. The van der Waals surface area contributed by atoms with Gasteiger partial charge >= 0.3 is 23.9 Å². The van der Waals surface area contributed by atoms with Crippen LogP contribution in [0.2, 0.25) is 0 Å². The summed E-state index contributed by atoms with van der Waals surface area (Å²) in [6, 6.07) is 18.7. The van der Waals surface area contributed by atoms with Gasteiger partial charge in [-0.15, -0.1) is 0 Å². The number of nitrogens with zero attached hydrogens (tertiary/aromatic N) is 3. The van der Waals surface area contributed by atoms with Crippen molar-refractivity contribution in [3.8, 4) is 0 Å². The smallest absolute Gasteiger partial charge is 0.307 e. The van der Waals surface area contributed by atoms with Crippen molar-refractivity contribution in [2.75, 3.05) is 0 Å². The molecule has 2 aromatic heterocycles. The van der Waals surface area contributed by atoms with E-state index in [1.54, 1.807) is 41.5 Å². The predicted octanol–water partition coefficient (Wildman–Crippen LogP) is 8.62. The molecule has 15 heteroatoms. The number of benzene rings is 2. The second-order valence-corrected chi connectivity index (χ2v) is 17.3. The van der Waals surface area contributed by atoms with Crippen LogP contribution >= 0.6 is 0 Å². The summed E-state index contributed by atoms with van der Waals surface area (Å²) in [5, 5.41) is 20.1. The average molecular weight is 842 g/mol. The molecule has 0 unspecified atom stereocenters. The number of esters is 4. The first-order chi connectivity index (χ1) is 29.0. The maximum Gasteiger partial charge on any atom is 0.307 e. The summed E-state index contributed by atoms with van der Waals surface area (Å²) < 4.78 is 32.2. The summed E-state index contributed by atoms with van der Waals surface area (Å²) in [5.41, 5.74) is 2.93. The molecule has 6 rings (SSSR count). The predicted molar refractivity (Wildman–Crippen MR) is 220 cm³/mol.